The van der Waals surface area contributed by atoms with E-state index in [9.17, 15) is 0 Å². The Morgan fingerprint density at radius 1 is 1.15 bits per heavy atom. The van der Waals surface area contributed by atoms with E-state index in [0.717, 1.165) is 56.7 Å². The minimum absolute atomic E-state index is 0.563. The number of anilines is 1. The number of nitrogens with two attached hydrogens (primary N) is 1. The van der Waals surface area contributed by atoms with Crippen LogP contribution in [0, 0.1) is 5.92 Å². The van der Waals surface area contributed by atoms with Crippen molar-refractivity contribution in [1.29, 1.82) is 0 Å². The smallest absolute Gasteiger partial charge is 0.138 e. The fraction of sp³-hybridized carbons (Fsp3) is 0.182. The van der Waals surface area contributed by atoms with E-state index in [-0.39, 0.29) is 0 Å². The van der Waals surface area contributed by atoms with E-state index >= 15 is 0 Å². The van der Waals surface area contributed by atoms with E-state index in [4.69, 9.17) is 4.98 Å². The van der Waals surface area contributed by atoms with Crippen LogP contribution in [0.4, 0.5) is 5.69 Å². The molecule has 3 heterocycles. The van der Waals surface area contributed by atoms with Gasteiger partial charge in [0, 0.05) is 41.8 Å². The molecule has 0 atom stereocenters. The second-order valence-corrected chi connectivity index (χ2v) is 9.37. The van der Waals surface area contributed by atoms with Gasteiger partial charge in [0.2, 0.25) is 0 Å². The van der Waals surface area contributed by atoms with Gasteiger partial charge in [0.05, 0.1) is 17.4 Å². The van der Waals surface area contributed by atoms with Crippen LogP contribution in [0.15, 0.2) is 105 Å². The van der Waals surface area contributed by atoms with Crippen LogP contribution in [0.2, 0.25) is 0 Å². The Labute approximate surface area is 231 Å². The predicted octanol–water partition coefficient (Wildman–Crippen LogP) is 7.77. The summed E-state index contributed by atoms with van der Waals surface area (Å²) in [5.41, 5.74) is 14.3. The van der Waals surface area contributed by atoms with Crippen LogP contribution in [-0.2, 0) is 0 Å². The first-order chi connectivity index (χ1) is 18.9. The molecule has 1 aromatic carbocycles. The Hall–Kier alpha value is -4.71. The molecule has 0 saturated carbocycles. The Balaban J connectivity index is 0.00000134. The van der Waals surface area contributed by atoms with Gasteiger partial charge in [-0.25, -0.2) is 4.98 Å². The summed E-state index contributed by atoms with van der Waals surface area (Å²) in [4.78, 5) is 17.2. The van der Waals surface area contributed by atoms with Gasteiger partial charge >= 0.3 is 0 Å². The second-order valence-electron chi connectivity index (χ2n) is 9.37. The van der Waals surface area contributed by atoms with Crippen LogP contribution in [0.3, 0.4) is 0 Å². The van der Waals surface area contributed by atoms with E-state index in [1.807, 2.05) is 31.3 Å². The molecule has 4 aromatic rings. The number of imidazole rings is 1. The van der Waals surface area contributed by atoms with E-state index in [1.54, 1.807) is 18.6 Å². The van der Waals surface area contributed by atoms with Crippen molar-refractivity contribution in [1.82, 2.24) is 19.9 Å². The summed E-state index contributed by atoms with van der Waals surface area (Å²) in [6.45, 7) is 18.1. The fourth-order valence-electron chi connectivity index (χ4n) is 4.31. The highest BCUT2D eigenvalue weighted by molar-refractivity contribution is 5.93. The number of aromatic nitrogens is 4. The highest BCUT2D eigenvalue weighted by Gasteiger charge is 2.16. The molecule has 4 rings (SSSR count). The van der Waals surface area contributed by atoms with Gasteiger partial charge in [-0.3, -0.25) is 9.97 Å². The van der Waals surface area contributed by atoms with Crippen LogP contribution in [0.1, 0.15) is 44.1 Å². The zero-order valence-electron chi connectivity index (χ0n) is 23.3. The summed E-state index contributed by atoms with van der Waals surface area (Å²) in [6.07, 6.45) is 13.9. The third kappa shape index (κ3) is 6.99. The molecule has 0 fully saturated rings. The zero-order chi connectivity index (χ0) is 28.4. The number of hydrogen-bond donors (Lipinski definition) is 3. The fourth-order valence-corrected chi connectivity index (χ4v) is 4.31. The largest absolute Gasteiger partial charge is 0.405 e. The standard InChI is InChI=1S/C31H33N5.C2H5N/c1-7-22(15-20(3)4)16-23(8-2)24-12-13-27(32-6)25(17-24)21(5)31-35-29-19-33-18-26(30(29)36-31)28-11-9-10-14-34-28;1-2-3/h7-14,16-20,32H,1,5,15H2,2-4,6H3,(H,35,36);2H,1,3H2/b22-16+,23-8+;. The lowest BCUT2D eigenvalue weighted by molar-refractivity contribution is 0.650. The van der Waals surface area contributed by atoms with Gasteiger partial charge in [-0.2, -0.15) is 0 Å². The van der Waals surface area contributed by atoms with Crippen LogP contribution in [0.5, 0.6) is 0 Å². The molecule has 0 unspecified atom stereocenters. The van der Waals surface area contributed by atoms with Crippen LogP contribution >= 0.6 is 0 Å². The molecule has 39 heavy (non-hydrogen) atoms. The molecular formula is C33H38N6. The first kappa shape index (κ1) is 28.9. The molecule has 0 radical (unpaired) electrons. The maximum absolute atomic E-state index is 4.93. The van der Waals surface area contributed by atoms with Crippen molar-refractivity contribution in [2.75, 3.05) is 12.4 Å². The number of nitrogens with zero attached hydrogens (tertiary/aromatic N) is 3. The molecule has 200 valence electrons. The lowest BCUT2D eigenvalue weighted by Gasteiger charge is -2.14. The summed E-state index contributed by atoms with van der Waals surface area (Å²) in [6, 6.07) is 12.2. The number of hydrogen-bond acceptors (Lipinski definition) is 5. The highest BCUT2D eigenvalue weighted by atomic mass is 14.9. The minimum Gasteiger partial charge on any atom is -0.405 e. The zero-order valence-corrected chi connectivity index (χ0v) is 23.3. The molecular weight excluding hydrogens is 480 g/mol. The molecule has 0 bridgehead atoms. The quantitative estimate of drug-likeness (QED) is 0.197. The average molecular weight is 519 g/mol. The summed E-state index contributed by atoms with van der Waals surface area (Å²) >= 11 is 0. The molecule has 6 heteroatoms. The number of pyridine rings is 2. The Kier molecular flexibility index (Phi) is 10.2. The number of fused-ring (bicyclic) bond motifs is 1. The van der Waals surface area contributed by atoms with Gasteiger partial charge in [-0.15, -0.1) is 0 Å². The first-order valence-electron chi connectivity index (χ1n) is 13.0. The summed E-state index contributed by atoms with van der Waals surface area (Å²) in [7, 11) is 1.92. The summed E-state index contributed by atoms with van der Waals surface area (Å²) in [5.74, 6) is 1.26. The topological polar surface area (TPSA) is 92.5 Å². The van der Waals surface area contributed by atoms with Crippen molar-refractivity contribution in [2.45, 2.75) is 27.2 Å². The van der Waals surface area contributed by atoms with Crippen LogP contribution in [-0.4, -0.2) is 27.0 Å². The van der Waals surface area contributed by atoms with Crippen molar-refractivity contribution in [3.8, 4) is 11.3 Å². The SMILES string of the molecule is C=C/C(=C\C(=C/C)c1ccc(NC)c(C(=C)c2nc3c(-c4ccccn4)cncc3[nH]2)c1)CC(C)C.C=CN. The second kappa shape index (κ2) is 13.7. The maximum Gasteiger partial charge on any atom is 0.138 e. The van der Waals surface area contributed by atoms with Crippen molar-refractivity contribution < 1.29 is 0 Å². The van der Waals surface area contributed by atoms with Gasteiger partial charge in [0.25, 0.3) is 0 Å². The van der Waals surface area contributed by atoms with Crippen LogP contribution < -0.4 is 11.1 Å². The number of allylic oxidation sites excluding steroid dienone is 5. The number of H-pyrrole nitrogens is 1. The number of aromatic amines is 1. The number of rotatable bonds is 9. The summed E-state index contributed by atoms with van der Waals surface area (Å²) in [5, 5.41) is 3.30. The van der Waals surface area contributed by atoms with E-state index in [0.29, 0.717) is 11.7 Å². The first-order valence-corrected chi connectivity index (χ1v) is 13.0. The molecule has 3 aromatic heterocycles. The minimum atomic E-state index is 0.563. The van der Waals surface area contributed by atoms with E-state index in [2.05, 4.69) is 96.9 Å². The Morgan fingerprint density at radius 3 is 2.54 bits per heavy atom. The number of nitrogens with one attached hydrogen (secondary N) is 2. The number of benzene rings is 1. The van der Waals surface area contributed by atoms with Crippen molar-refractivity contribution >= 4 is 27.9 Å². The predicted molar refractivity (Wildman–Crippen MR) is 167 cm³/mol. The van der Waals surface area contributed by atoms with Crippen LogP contribution in [0.25, 0.3) is 33.4 Å². The molecule has 0 aliphatic rings. The van der Waals surface area contributed by atoms with Crippen molar-refractivity contribution in [3.63, 3.8) is 0 Å². The van der Waals surface area contributed by atoms with Gasteiger partial charge in [0.1, 0.15) is 11.3 Å². The molecule has 0 amide bonds. The molecule has 4 N–H and O–H groups in total. The van der Waals surface area contributed by atoms with Crippen molar-refractivity contribution in [2.24, 2.45) is 11.7 Å². The van der Waals surface area contributed by atoms with E-state index in [1.165, 1.54) is 11.8 Å². The lowest BCUT2D eigenvalue weighted by atomic mass is 9.94. The van der Waals surface area contributed by atoms with E-state index < -0.39 is 0 Å². The Morgan fingerprint density at radius 2 is 1.92 bits per heavy atom. The normalized spacial score (nSPS) is 11.6. The third-order valence-corrected chi connectivity index (χ3v) is 6.13. The molecule has 0 aliphatic carbocycles. The molecule has 6 nitrogen and oxygen atoms in total. The molecule has 0 saturated heterocycles. The molecule has 0 spiro atoms. The lowest BCUT2D eigenvalue weighted by Crippen LogP contribution is -1.99. The van der Waals surface area contributed by atoms with Gasteiger partial charge in [-0.05, 0) is 66.4 Å². The third-order valence-electron chi connectivity index (χ3n) is 6.13. The summed E-state index contributed by atoms with van der Waals surface area (Å²) < 4.78 is 0. The van der Waals surface area contributed by atoms with Gasteiger partial charge in [0.15, 0.2) is 0 Å². The molecule has 0 aliphatic heterocycles. The van der Waals surface area contributed by atoms with Crippen molar-refractivity contribution in [3.05, 3.63) is 122 Å². The monoisotopic (exact) mass is 518 g/mol. The van der Waals surface area contributed by atoms with Gasteiger partial charge < -0.3 is 16.0 Å². The Bertz CT molecular complexity index is 1510. The average Bonchev–Trinajstić information content (AvgIpc) is 3.40. The maximum atomic E-state index is 4.93. The van der Waals surface area contributed by atoms with Gasteiger partial charge in [-0.1, -0.05) is 63.9 Å². The highest BCUT2D eigenvalue weighted by Crippen LogP contribution is 2.33.